The van der Waals surface area contributed by atoms with Crippen molar-refractivity contribution in [2.45, 2.75) is 10.6 Å². The van der Waals surface area contributed by atoms with Crippen LogP contribution in [0.3, 0.4) is 0 Å². The minimum atomic E-state index is -3.87. The zero-order valence-electron chi connectivity index (χ0n) is 10.3. The van der Waals surface area contributed by atoms with Crippen LogP contribution in [0.1, 0.15) is 5.56 Å². The van der Waals surface area contributed by atoms with Crippen molar-refractivity contribution in [2.24, 2.45) is 0 Å². The van der Waals surface area contributed by atoms with Gasteiger partial charge in [-0.2, -0.15) is 0 Å². The van der Waals surface area contributed by atoms with E-state index in [4.69, 9.17) is 5.73 Å². The minimum absolute atomic E-state index is 0.335. The molecule has 20 heavy (non-hydrogen) atoms. The first-order chi connectivity index (χ1) is 9.42. The van der Waals surface area contributed by atoms with E-state index >= 15 is 0 Å². The van der Waals surface area contributed by atoms with Crippen LogP contribution in [0, 0.1) is 10.1 Å². The zero-order chi connectivity index (χ0) is 14.8. The Kier molecular flexibility index (Phi) is 3.66. The lowest BCUT2D eigenvalue weighted by molar-refractivity contribution is -0.387. The molecule has 0 radical (unpaired) electrons. The van der Waals surface area contributed by atoms with Crippen LogP contribution < -0.4 is 5.73 Å². The summed E-state index contributed by atoms with van der Waals surface area (Å²) in [5, 5.41) is 11.0. The van der Waals surface area contributed by atoms with Gasteiger partial charge in [0.15, 0.2) is 14.7 Å². The number of nitrogens with zero attached hydrogens (tertiary/aromatic N) is 2. The van der Waals surface area contributed by atoms with Gasteiger partial charge in [-0.1, -0.05) is 30.3 Å². The van der Waals surface area contributed by atoms with Crippen LogP contribution in [0.4, 0.5) is 11.5 Å². The van der Waals surface area contributed by atoms with Gasteiger partial charge in [0.05, 0.1) is 10.7 Å². The van der Waals surface area contributed by atoms with E-state index in [0.717, 1.165) is 12.3 Å². The number of nitrogen functional groups attached to an aromatic ring is 1. The van der Waals surface area contributed by atoms with Gasteiger partial charge in [0.1, 0.15) is 0 Å². The van der Waals surface area contributed by atoms with Gasteiger partial charge in [-0.05, 0) is 11.6 Å². The van der Waals surface area contributed by atoms with Crippen molar-refractivity contribution in [1.82, 2.24) is 4.98 Å². The molecule has 0 atom stereocenters. The van der Waals surface area contributed by atoms with Gasteiger partial charge in [-0.3, -0.25) is 10.1 Å². The molecule has 0 bridgehead atoms. The molecule has 1 aromatic carbocycles. The topological polar surface area (TPSA) is 116 Å². The molecule has 0 aliphatic rings. The predicted molar refractivity (Wildman–Crippen MR) is 72.6 cm³/mol. The van der Waals surface area contributed by atoms with Crippen molar-refractivity contribution >= 4 is 21.3 Å². The second-order valence-electron chi connectivity index (χ2n) is 4.04. The van der Waals surface area contributed by atoms with Crippen molar-refractivity contribution in [1.29, 1.82) is 0 Å². The molecule has 0 unspecified atom stereocenters. The first-order valence-electron chi connectivity index (χ1n) is 5.57. The first kappa shape index (κ1) is 13.9. The van der Waals surface area contributed by atoms with Crippen LogP contribution in [0.15, 0.2) is 47.5 Å². The Balaban J connectivity index is 2.50. The van der Waals surface area contributed by atoms with E-state index in [9.17, 15) is 18.5 Å². The molecule has 0 saturated carbocycles. The van der Waals surface area contributed by atoms with Crippen molar-refractivity contribution in [3.8, 4) is 0 Å². The average Bonchev–Trinajstić information content (AvgIpc) is 2.38. The van der Waals surface area contributed by atoms with Crippen LogP contribution in [0.2, 0.25) is 0 Å². The number of sulfone groups is 1. The van der Waals surface area contributed by atoms with Crippen LogP contribution in [0.5, 0.6) is 0 Å². The lowest BCUT2D eigenvalue weighted by atomic mass is 10.2. The molecular formula is C12H11N3O4S. The third-order valence-corrected chi connectivity index (χ3v) is 4.35. The van der Waals surface area contributed by atoms with Gasteiger partial charge < -0.3 is 5.73 Å². The minimum Gasteiger partial charge on any atom is -0.378 e. The molecule has 1 aromatic heterocycles. The summed E-state index contributed by atoms with van der Waals surface area (Å²) >= 11 is 0. The Morgan fingerprint density at radius 1 is 1.20 bits per heavy atom. The van der Waals surface area contributed by atoms with Crippen molar-refractivity contribution in [3.05, 3.63) is 58.3 Å². The van der Waals surface area contributed by atoms with E-state index in [1.54, 1.807) is 30.3 Å². The average molecular weight is 293 g/mol. The molecule has 7 nitrogen and oxygen atoms in total. The van der Waals surface area contributed by atoms with E-state index in [-0.39, 0.29) is 5.75 Å². The lowest BCUT2D eigenvalue weighted by Gasteiger charge is -2.06. The van der Waals surface area contributed by atoms with E-state index < -0.39 is 31.2 Å². The summed E-state index contributed by atoms with van der Waals surface area (Å²) in [7, 11) is -3.87. The maximum Gasteiger partial charge on any atom is 0.329 e. The molecule has 2 aromatic rings. The number of benzene rings is 1. The highest BCUT2D eigenvalue weighted by atomic mass is 32.2. The molecule has 0 aliphatic carbocycles. The third kappa shape index (κ3) is 2.75. The quantitative estimate of drug-likeness (QED) is 0.675. The van der Waals surface area contributed by atoms with Crippen LogP contribution >= 0.6 is 0 Å². The first-order valence-corrected chi connectivity index (χ1v) is 7.22. The van der Waals surface area contributed by atoms with Gasteiger partial charge >= 0.3 is 5.69 Å². The van der Waals surface area contributed by atoms with Crippen LogP contribution in [-0.4, -0.2) is 18.3 Å². The molecule has 1 heterocycles. The molecule has 104 valence electrons. The molecule has 0 amide bonds. The number of pyridine rings is 1. The van der Waals surface area contributed by atoms with E-state index in [0.29, 0.717) is 5.56 Å². The van der Waals surface area contributed by atoms with Crippen LogP contribution in [0.25, 0.3) is 0 Å². The SMILES string of the molecule is Nc1nccc(S(=O)(=O)Cc2ccccc2)c1[N+](=O)[O-]. The number of nitro groups is 1. The zero-order valence-corrected chi connectivity index (χ0v) is 11.1. The Bertz CT molecular complexity index is 745. The van der Waals surface area contributed by atoms with Gasteiger partial charge in [0, 0.05) is 6.20 Å². The molecule has 8 heteroatoms. The number of rotatable bonds is 4. The summed E-state index contributed by atoms with van der Waals surface area (Å²) in [6, 6.07) is 9.50. The lowest BCUT2D eigenvalue weighted by Crippen LogP contribution is -2.10. The monoisotopic (exact) mass is 293 g/mol. The van der Waals surface area contributed by atoms with Crippen molar-refractivity contribution in [2.75, 3.05) is 5.73 Å². The fourth-order valence-electron chi connectivity index (χ4n) is 1.76. The predicted octanol–water partition coefficient (Wildman–Crippen LogP) is 1.55. The smallest absolute Gasteiger partial charge is 0.329 e. The molecule has 0 spiro atoms. The van der Waals surface area contributed by atoms with Gasteiger partial charge in [0.25, 0.3) is 0 Å². The fraction of sp³-hybridized carbons (Fsp3) is 0.0833. The summed E-state index contributed by atoms with van der Waals surface area (Å²) in [6.45, 7) is 0. The molecule has 0 aliphatic heterocycles. The number of hydrogen-bond donors (Lipinski definition) is 1. The molecule has 0 fully saturated rings. The number of anilines is 1. The highest BCUT2D eigenvalue weighted by molar-refractivity contribution is 7.90. The fourth-order valence-corrected chi connectivity index (χ4v) is 3.29. The Labute approximate surface area is 115 Å². The summed E-state index contributed by atoms with van der Waals surface area (Å²) in [5.41, 5.74) is 5.26. The largest absolute Gasteiger partial charge is 0.378 e. The van der Waals surface area contributed by atoms with E-state index in [1.807, 2.05) is 0 Å². The number of hydrogen-bond acceptors (Lipinski definition) is 6. The van der Waals surface area contributed by atoms with Crippen molar-refractivity contribution in [3.63, 3.8) is 0 Å². The second-order valence-corrected chi connectivity index (χ2v) is 6.00. The molecular weight excluding hydrogens is 282 g/mol. The molecule has 2 N–H and O–H groups in total. The molecule has 0 saturated heterocycles. The maximum absolute atomic E-state index is 12.3. The molecule has 2 rings (SSSR count). The van der Waals surface area contributed by atoms with Gasteiger partial charge in [-0.25, -0.2) is 13.4 Å². The van der Waals surface area contributed by atoms with Crippen LogP contribution in [-0.2, 0) is 15.6 Å². The summed E-state index contributed by atoms with van der Waals surface area (Å²) in [6.07, 6.45) is 1.14. The highest BCUT2D eigenvalue weighted by Gasteiger charge is 2.29. The summed E-state index contributed by atoms with van der Waals surface area (Å²) in [5.74, 6) is -0.748. The summed E-state index contributed by atoms with van der Waals surface area (Å²) < 4.78 is 24.6. The van der Waals surface area contributed by atoms with Gasteiger partial charge in [0.2, 0.25) is 5.82 Å². The highest BCUT2D eigenvalue weighted by Crippen LogP contribution is 2.30. The summed E-state index contributed by atoms with van der Waals surface area (Å²) in [4.78, 5) is 13.3. The Morgan fingerprint density at radius 2 is 1.85 bits per heavy atom. The van der Waals surface area contributed by atoms with Crippen molar-refractivity contribution < 1.29 is 13.3 Å². The normalized spacial score (nSPS) is 11.2. The third-order valence-electron chi connectivity index (χ3n) is 2.63. The second kappa shape index (κ2) is 5.25. The Morgan fingerprint density at radius 3 is 2.45 bits per heavy atom. The van der Waals surface area contributed by atoms with E-state index in [1.165, 1.54) is 0 Å². The maximum atomic E-state index is 12.3. The number of nitrogens with two attached hydrogens (primary N) is 1. The van der Waals surface area contributed by atoms with Gasteiger partial charge in [-0.15, -0.1) is 0 Å². The standard InChI is InChI=1S/C12H11N3O4S/c13-12-11(15(16)17)10(6-7-14-12)20(18,19)8-9-4-2-1-3-5-9/h1-7H,8H2,(H2,13,14). The Hall–Kier alpha value is -2.48. The number of aromatic nitrogens is 1. The van der Waals surface area contributed by atoms with E-state index in [2.05, 4.69) is 4.98 Å².